The number of benzene rings is 2. The molecule has 1 atom stereocenters. The van der Waals surface area contributed by atoms with Gasteiger partial charge in [-0.15, -0.1) is 0 Å². The van der Waals surface area contributed by atoms with E-state index >= 15 is 0 Å². The minimum Gasteiger partial charge on any atom is -0.367 e. The van der Waals surface area contributed by atoms with Gasteiger partial charge in [0.25, 0.3) is 0 Å². The van der Waals surface area contributed by atoms with E-state index in [1.807, 2.05) is 6.07 Å². The maximum absolute atomic E-state index is 5.87. The Labute approximate surface area is 129 Å². The standard InChI is InChI=1S/C19H18N2O/c20-19-17-12-16(10-11-18(17)21-22-19)15-8-6-14(7-9-15)13-4-2-1-3-5-13/h1-9,16H,10-12,20H2. The molecule has 0 bridgehead atoms. The van der Waals surface area contributed by atoms with Gasteiger partial charge in [-0.1, -0.05) is 59.8 Å². The lowest BCUT2D eigenvalue weighted by molar-refractivity contribution is 0.426. The van der Waals surface area contributed by atoms with Crippen LogP contribution >= 0.6 is 0 Å². The van der Waals surface area contributed by atoms with Gasteiger partial charge >= 0.3 is 0 Å². The van der Waals surface area contributed by atoms with Gasteiger partial charge in [0.1, 0.15) is 0 Å². The molecule has 3 nitrogen and oxygen atoms in total. The summed E-state index contributed by atoms with van der Waals surface area (Å²) in [4.78, 5) is 0. The molecular weight excluding hydrogens is 272 g/mol. The van der Waals surface area contributed by atoms with Crippen LogP contribution in [0.4, 0.5) is 5.88 Å². The smallest absolute Gasteiger partial charge is 0.225 e. The van der Waals surface area contributed by atoms with Crippen LogP contribution in [0.3, 0.4) is 0 Å². The van der Waals surface area contributed by atoms with Crippen LogP contribution in [-0.2, 0) is 12.8 Å². The Morgan fingerprint density at radius 2 is 1.68 bits per heavy atom. The molecule has 4 rings (SSSR count). The van der Waals surface area contributed by atoms with Crippen molar-refractivity contribution in [3.63, 3.8) is 0 Å². The average molecular weight is 290 g/mol. The molecule has 1 heterocycles. The summed E-state index contributed by atoms with van der Waals surface area (Å²) in [7, 11) is 0. The van der Waals surface area contributed by atoms with Crippen molar-refractivity contribution in [3.8, 4) is 11.1 Å². The molecule has 0 amide bonds. The first kappa shape index (κ1) is 13.1. The molecule has 3 aromatic rings. The lowest BCUT2D eigenvalue weighted by Crippen LogP contribution is -2.12. The van der Waals surface area contributed by atoms with Crippen molar-refractivity contribution in [2.45, 2.75) is 25.2 Å². The summed E-state index contributed by atoms with van der Waals surface area (Å²) in [6.45, 7) is 0. The van der Waals surface area contributed by atoms with E-state index in [1.54, 1.807) is 0 Å². The summed E-state index contributed by atoms with van der Waals surface area (Å²) in [6.07, 6.45) is 2.97. The van der Waals surface area contributed by atoms with Crippen LogP contribution in [0, 0.1) is 0 Å². The molecule has 0 spiro atoms. The maximum atomic E-state index is 5.87. The van der Waals surface area contributed by atoms with Gasteiger partial charge in [-0.25, -0.2) is 0 Å². The number of nitrogens with two attached hydrogens (primary N) is 1. The second-order valence-corrected chi connectivity index (χ2v) is 5.90. The van der Waals surface area contributed by atoms with E-state index in [1.165, 1.54) is 16.7 Å². The Balaban J connectivity index is 1.58. The summed E-state index contributed by atoms with van der Waals surface area (Å²) < 4.78 is 5.11. The number of hydrogen-bond donors (Lipinski definition) is 1. The number of rotatable bonds is 2. The van der Waals surface area contributed by atoms with E-state index in [0.717, 1.165) is 30.5 Å². The van der Waals surface area contributed by atoms with E-state index in [-0.39, 0.29) is 0 Å². The third-order valence-electron chi connectivity index (χ3n) is 4.57. The van der Waals surface area contributed by atoms with Gasteiger partial charge in [-0.2, -0.15) is 0 Å². The molecule has 1 aromatic heterocycles. The fraction of sp³-hybridized carbons (Fsp3) is 0.211. The Morgan fingerprint density at radius 1 is 0.955 bits per heavy atom. The minimum atomic E-state index is 0.487. The predicted molar refractivity (Wildman–Crippen MR) is 87.6 cm³/mol. The van der Waals surface area contributed by atoms with Crippen LogP contribution in [0.2, 0.25) is 0 Å². The van der Waals surface area contributed by atoms with Crippen LogP contribution in [0.1, 0.15) is 29.2 Å². The summed E-state index contributed by atoms with van der Waals surface area (Å²) in [5, 5.41) is 4.04. The molecule has 22 heavy (non-hydrogen) atoms. The van der Waals surface area contributed by atoms with E-state index in [2.05, 4.69) is 53.7 Å². The third kappa shape index (κ3) is 2.29. The van der Waals surface area contributed by atoms with Gasteiger partial charge in [0.15, 0.2) is 0 Å². The highest BCUT2D eigenvalue weighted by atomic mass is 16.5. The van der Waals surface area contributed by atoms with Gasteiger partial charge in [0.05, 0.1) is 5.69 Å². The molecule has 0 fully saturated rings. The van der Waals surface area contributed by atoms with Crippen molar-refractivity contribution < 1.29 is 4.52 Å². The largest absolute Gasteiger partial charge is 0.367 e. The molecule has 3 heteroatoms. The molecule has 0 saturated carbocycles. The van der Waals surface area contributed by atoms with Crippen LogP contribution in [0.15, 0.2) is 59.1 Å². The Morgan fingerprint density at radius 3 is 2.45 bits per heavy atom. The fourth-order valence-corrected chi connectivity index (χ4v) is 3.29. The van der Waals surface area contributed by atoms with Gasteiger partial charge < -0.3 is 10.3 Å². The van der Waals surface area contributed by atoms with Crippen molar-refractivity contribution in [1.82, 2.24) is 5.16 Å². The first-order valence-corrected chi connectivity index (χ1v) is 7.69. The van der Waals surface area contributed by atoms with E-state index in [4.69, 9.17) is 10.3 Å². The number of aromatic nitrogens is 1. The summed E-state index contributed by atoms with van der Waals surface area (Å²) >= 11 is 0. The van der Waals surface area contributed by atoms with Crippen LogP contribution < -0.4 is 5.73 Å². The minimum absolute atomic E-state index is 0.487. The number of hydrogen-bond acceptors (Lipinski definition) is 3. The van der Waals surface area contributed by atoms with Gasteiger partial charge in [-0.3, -0.25) is 0 Å². The molecule has 2 N–H and O–H groups in total. The van der Waals surface area contributed by atoms with E-state index < -0.39 is 0 Å². The molecule has 1 aliphatic rings. The van der Waals surface area contributed by atoms with Gasteiger partial charge in [0.2, 0.25) is 5.88 Å². The van der Waals surface area contributed by atoms with Crippen molar-refractivity contribution in [1.29, 1.82) is 0 Å². The maximum Gasteiger partial charge on any atom is 0.225 e. The van der Waals surface area contributed by atoms with Crippen molar-refractivity contribution >= 4 is 5.88 Å². The first-order chi connectivity index (χ1) is 10.8. The number of nitrogens with zero attached hydrogens (tertiary/aromatic N) is 1. The first-order valence-electron chi connectivity index (χ1n) is 7.69. The third-order valence-corrected chi connectivity index (χ3v) is 4.57. The Kier molecular flexibility index (Phi) is 3.19. The van der Waals surface area contributed by atoms with Crippen molar-refractivity contribution in [2.75, 3.05) is 5.73 Å². The Bertz CT molecular complexity index is 775. The fourth-order valence-electron chi connectivity index (χ4n) is 3.29. The van der Waals surface area contributed by atoms with Gasteiger partial charge in [0, 0.05) is 5.56 Å². The molecular formula is C19H18N2O. The highest BCUT2D eigenvalue weighted by Gasteiger charge is 2.25. The second-order valence-electron chi connectivity index (χ2n) is 5.90. The quantitative estimate of drug-likeness (QED) is 0.769. The summed E-state index contributed by atoms with van der Waals surface area (Å²) in [5.74, 6) is 0.986. The highest BCUT2D eigenvalue weighted by molar-refractivity contribution is 5.63. The number of nitrogen functional groups attached to an aromatic ring is 1. The Hall–Kier alpha value is -2.55. The molecule has 1 aliphatic carbocycles. The molecule has 0 saturated heterocycles. The molecule has 2 aromatic carbocycles. The summed E-state index contributed by atoms with van der Waals surface area (Å²) in [6, 6.07) is 19.3. The monoisotopic (exact) mass is 290 g/mol. The highest BCUT2D eigenvalue weighted by Crippen LogP contribution is 2.35. The van der Waals surface area contributed by atoms with E-state index in [0.29, 0.717) is 11.8 Å². The zero-order valence-corrected chi connectivity index (χ0v) is 12.3. The number of fused-ring (bicyclic) bond motifs is 1. The number of aryl methyl sites for hydroxylation is 1. The average Bonchev–Trinajstić information content (AvgIpc) is 2.96. The molecule has 110 valence electrons. The number of anilines is 1. The van der Waals surface area contributed by atoms with Crippen LogP contribution in [0.5, 0.6) is 0 Å². The van der Waals surface area contributed by atoms with Crippen LogP contribution in [-0.4, -0.2) is 5.16 Å². The second kappa shape index (κ2) is 5.34. The molecule has 0 radical (unpaired) electrons. The lowest BCUT2D eigenvalue weighted by Gasteiger charge is -2.21. The summed E-state index contributed by atoms with van der Waals surface area (Å²) in [5.41, 5.74) is 11.9. The zero-order chi connectivity index (χ0) is 14.9. The molecule has 1 unspecified atom stereocenters. The van der Waals surface area contributed by atoms with Gasteiger partial charge in [-0.05, 0) is 41.9 Å². The van der Waals surface area contributed by atoms with Crippen molar-refractivity contribution in [2.24, 2.45) is 0 Å². The topological polar surface area (TPSA) is 52.0 Å². The van der Waals surface area contributed by atoms with Crippen LogP contribution in [0.25, 0.3) is 11.1 Å². The predicted octanol–water partition coefficient (Wildman–Crippen LogP) is 4.20. The lowest BCUT2D eigenvalue weighted by atomic mass is 9.82. The SMILES string of the molecule is Nc1onc2c1CC(c1ccc(-c3ccccc3)cc1)CC2. The molecule has 0 aliphatic heterocycles. The van der Waals surface area contributed by atoms with E-state index in [9.17, 15) is 0 Å². The zero-order valence-electron chi connectivity index (χ0n) is 12.3. The normalized spacial score (nSPS) is 17.2. The van der Waals surface area contributed by atoms with Crippen molar-refractivity contribution in [3.05, 3.63) is 71.4 Å².